The smallest absolute Gasteiger partial charge is 0.244 e. The molecule has 0 saturated carbocycles. The van der Waals surface area contributed by atoms with E-state index in [1.807, 2.05) is 6.07 Å². The van der Waals surface area contributed by atoms with E-state index in [-0.39, 0.29) is 11.0 Å². The van der Waals surface area contributed by atoms with Crippen LogP contribution in [0.2, 0.25) is 0 Å². The molecular weight excluding hydrogens is 290 g/mol. The van der Waals surface area contributed by atoms with E-state index in [0.29, 0.717) is 18.8 Å². The van der Waals surface area contributed by atoms with Gasteiger partial charge in [0, 0.05) is 27.2 Å². The standard InChI is InChI=1S/C14H23N3O3S/c1-4-11-10-17(8-9-20-11)12-6-5-7-13(14(12)15)21(18,19)16(2)3/h5-7,11H,4,8-10,15H2,1-3H3. The lowest BCUT2D eigenvalue weighted by Crippen LogP contribution is -2.42. The Morgan fingerprint density at radius 2 is 2.14 bits per heavy atom. The van der Waals surface area contributed by atoms with Crippen LogP contribution in [0.4, 0.5) is 11.4 Å². The minimum Gasteiger partial charge on any atom is -0.396 e. The van der Waals surface area contributed by atoms with Gasteiger partial charge in [0.15, 0.2) is 0 Å². The molecule has 1 heterocycles. The van der Waals surface area contributed by atoms with Crippen molar-refractivity contribution in [3.63, 3.8) is 0 Å². The maximum Gasteiger partial charge on any atom is 0.244 e. The number of ether oxygens (including phenoxy) is 1. The number of nitrogen functional groups attached to an aromatic ring is 1. The zero-order chi connectivity index (χ0) is 15.6. The number of para-hydroxylation sites is 1. The first kappa shape index (κ1) is 16.1. The summed E-state index contributed by atoms with van der Waals surface area (Å²) >= 11 is 0. The van der Waals surface area contributed by atoms with Gasteiger partial charge in [-0.3, -0.25) is 0 Å². The van der Waals surface area contributed by atoms with Crippen molar-refractivity contribution in [2.75, 3.05) is 44.4 Å². The van der Waals surface area contributed by atoms with Crippen LogP contribution < -0.4 is 10.6 Å². The average molecular weight is 313 g/mol. The molecule has 1 unspecified atom stereocenters. The molecule has 1 fully saturated rings. The average Bonchev–Trinajstić information content (AvgIpc) is 2.47. The molecule has 2 N–H and O–H groups in total. The fourth-order valence-electron chi connectivity index (χ4n) is 2.41. The van der Waals surface area contributed by atoms with Crippen molar-refractivity contribution in [1.29, 1.82) is 0 Å². The van der Waals surface area contributed by atoms with Crippen LogP contribution >= 0.6 is 0 Å². The fraction of sp³-hybridized carbons (Fsp3) is 0.571. The van der Waals surface area contributed by atoms with Gasteiger partial charge in [-0.2, -0.15) is 0 Å². The van der Waals surface area contributed by atoms with E-state index in [2.05, 4.69) is 11.8 Å². The maximum absolute atomic E-state index is 12.3. The van der Waals surface area contributed by atoms with Gasteiger partial charge in [-0.25, -0.2) is 12.7 Å². The molecule has 0 amide bonds. The van der Waals surface area contributed by atoms with Crippen molar-refractivity contribution in [2.45, 2.75) is 24.3 Å². The van der Waals surface area contributed by atoms with Gasteiger partial charge in [-0.1, -0.05) is 13.0 Å². The van der Waals surface area contributed by atoms with Gasteiger partial charge in [-0.15, -0.1) is 0 Å². The second-order valence-corrected chi connectivity index (χ2v) is 7.44. The van der Waals surface area contributed by atoms with E-state index in [4.69, 9.17) is 10.5 Å². The Bertz CT molecular complexity index is 601. The summed E-state index contributed by atoms with van der Waals surface area (Å²) in [5.41, 5.74) is 7.21. The molecule has 1 aliphatic heterocycles. The minimum absolute atomic E-state index is 0.157. The number of nitrogens with two attached hydrogens (primary N) is 1. The first-order valence-electron chi connectivity index (χ1n) is 7.05. The first-order chi connectivity index (χ1) is 9.87. The molecular formula is C14H23N3O3S. The lowest BCUT2D eigenvalue weighted by molar-refractivity contribution is 0.0385. The SMILES string of the molecule is CCC1CN(c2cccc(S(=O)(=O)N(C)C)c2N)CCO1. The monoisotopic (exact) mass is 313 g/mol. The largest absolute Gasteiger partial charge is 0.396 e. The van der Waals surface area contributed by atoms with Gasteiger partial charge in [0.05, 0.1) is 24.1 Å². The second-order valence-electron chi connectivity index (χ2n) is 5.32. The van der Waals surface area contributed by atoms with Crippen molar-refractivity contribution in [2.24, 2.45) is 0 Å². The summed E-state index contributed by atoms with van der Waals surface area (Å²) in [5, 5.41) is 0. The van der Waals surface area contributed by atoms with Crippen molar-refractivity contribution >= 4 is 21.4 Å². The lowest BCUT2D eigenvalue weighted by atomic mass is 10.2. The zero-order valence-corrected chi connectivity index (χ0v) is 13.6. The van der Waals surface area contributed by atoms with Crippen LogP contribution in [0, 0.1) is 0 Å². The molecule has 118 valence electrons. The maximum atomic E-state index is 12.3. The number of hydrogen-bond acceptors (Lipinski definition) is 5. The predicted molar refractivity (Wildman–Crippen MR) is 84.0 cm³/mol. The lowest BCUT2D eigenvalue weighted by Gasteiger charge is -2.35. The van der Waals surface area contributed by atoms with Gasteiger partial charge in [0.25, 0.3) is 0 Å². The summed E-state index contributed by atoms with van der Waals surface area (Å²) in [6, 6.07) is 5.15. The van der Waals surface area contributed by atoms with Crippen LogP contribution in [-0.2, 0) is 14.8 Å². The molecule has 1 saturated heterocycles. The predicted octanol–water partition coefficient (Wildman–Crippen LogP) is 1.13. The highest BCUT2D eigenvalue weighted by atomic mass is 32.2. The molecule has 0 radical (unpaired) electrons. The molecule has 0 aliphatic carbocycles. The molecule has 0 bridgehead atoms. The van der Waals surface area contributed by atoms with Gasteiger partial charge in [-0.05, 0) is 18.6 Å². The first-order valence-corrected chi connectivity index (χ1v) is 8.49. The Hall–Kier alpha value is -1.31. The summed E-state index contributed by atoms with van der Waals surface area (Å²) in [6.07, 6.45) is 1.08. The zero-order valence-electron chi connectivity index (χ0n) is 12.7. The molecule has 1 aromatic rings. The van der Waals surface area contributed by atoms with Crippen molar-refractivity contribution < 1.29 is 13.2 Å². The van der Waals surface area contributed by atoms with E-state index in [1.54, 1.807) is 12.1 Å². The van der Waals surface area contributed by atoms with Crippen LogP contribution in [0.3, 0.4) is 0 Å². The van der Waals surface area contributed by atoms with Crippen molar-refractivity contribution in [3.05, 3.63) is 18.2 Å². The van der Waals surface area contributed by atoms with Crippen LogP contribution in [-0.4, -0.2) is 52.6 Å². The van der Waals surface area contributed by atoms with Gasteiger partial charge < -0.3 is 15.4 Å². The molecule has 1 aromatic carbocycles. The number of morpholine rings is 1. The molecule has 21 heavy (non-hydrogen) atoms. The number of rotatable bonds is 4. The normalized spacial score (nSPS) is 20.0. The minimum atomic E-state index is -3.54. The van der Waals surface area contributed by atoms with Crippen molar-refractivity contribution in [1.82, 2.24) is 4.31 Å². The van der Waals surface area contributed by atoms with E-state index >= 15 is 0 Å². The van der Waals surface area contributed by atoms with Crippen LogP contribution in [0.15, 0.2) is 23.1 Å². The highest BCUT2D eigenvalue weighted by Crippen LogP contribution is 2.32. The summed E-state index contributed by atoms with van der Waals surface area (Å²) in [5.74, 6) is 0. The van der Waals surface area contributed by atoms with Gasteiger partial charge in [0.2, 0.25) is 10.0 Å². The number of nitrogens with zero attached hydrogens (tertiary/aromatic N) is 2. The quantitative estimate of drug-likeness (QED) is 0.844. The molecule has 1 aliphatic rings. The number of benzene rings is 1. The molecule has 0 spiro atoms. The number of hydrogen-bond donors (Lipinski definition) is 1. The van der Waals surface area contributed by atoms with E-state index in [0.717, 1.165) is 18.7 Å². The fourth-order valence-corrected chi connectivity index (χ4v) is 3.44. The van der Waals surface area contributed by atoms with Crippen LogP contribution in [0.1, 0.15) is 13.3 Å². The Morgan fingerprint density at radius 1 is 1.43 bits per heavy atom. The Labute approximate surface area is 126 Å². The molecule has 1 atom stereocenters. The Kier molecular flexibility index (Phi) is 4.75. The highest BCUT2D eigenvalue weighted by Gasteiger charge is 2.26. The molecule has 2 rings (SSSR count). The van der Waals surface area contributed by atoms with Crippen LogP contribution in [0.25, 0.3) is 0 Å². The van der Waals surface area contributed by atoms with Crippen LogP contribution in [0.5, 0.6) is 0 Å². The molecule has 6 nitrogen and oxygen atoms in total. The summed E-state index contributed by atoms with van der Waals surface area (Å²) < 4.78 is 31.4. The number of anilines is 2. The topological polar surface area (TPSA) is 75.9 Å². The number of sulfonamides is 1. The Balaban J connectivity index is 2.39. The van der Waals surface area contributed by atoms with Gasteiger partial charge >= 0.3 is 0 Å². The third-order valence-electron chi connectivity index (χ3n) is 3.74. The summed E-state index contributed by atoms with van der Waals surface area (Å²) in [7, 11) is -0.531. The van der Waals surface area contributed by atoms with E-state index in [1.165, 1.54) is 18.4 Å². The van der Waals surface area contributed by atoms with E-state index < -0.39 is 10.0 Å². The third kappa shape index (κ3) is 3.14. The van der Waals surface area contributed by atoms with E-state index in [9.17, 15) is 8.42 Å². The summed E-state index contributed by atoms with van der Waals surface area (Å²) in [6.45, 7) is 4.14. The second kappa shape index (κ2) is 6.21. The highest BCUT2D eigenvalue weighted by molar-refractivity contribution is 7.89. The molecule has 0 aromatic heterocycles. The summed E-state index contributed by atoms with van der Waals surface area (Å²) in [4.78, 5) is 2.26. The van der Waals surface area contributed by atoms with Gasteiger partial charge in [0.1, 0.15) is 4.90 Å². The van der Waals surface area contributed by atoms with Crippen molar-refractivity contribution in [3.8, 4) is 0 Å². The third-order valence-corrected chi connectivity index (χ3v) is 5.61. The Morgan fingerprint density at radius 3 is 2.76 bits per heavy atom. The molecule has 7 heteroatoms.